The molecule has 0 bridgehead atoms. The highest BCUT2D eigenvalue weighted by atomic mass is 32.2. The highest BCUT2D eigenvalue weighted by Gasteiger charge is 2.24. The molecule has 0 saturated heterocycles. The predicted molar refractivity (Wildman–Crippen MR) is 103 cm³/mol. The summed E-state index contributed by atoms with van der Waals surface area (Å²) in [5, 5.41) is 0. The summed E-state index contributed by atoms with van der Waals surface area (Å²) >= 11 is 1.55. The van der Waals surface area contributed by atoms with Crippen LogP contribution < -0.4 is 4.74 Å². The molecule has 0 fully saturated rings. The molecule has 0 unspecified atom stereocenters. The van der Waals surface area contributed by atoms with E-state index in [4.69, 9.17) is 9.47 Å². The Balaban J connectivity index is 2.03. The minimum absolute atomic E-state index is 0.262. The van der Waals surface area contributed by atoms with Gasteiger partial charge < -0.3 is 14.4 Å². The van der Waals surface area contributed by atoms with E-state index in [0.29, 0.717) is 17.9 Å². The smallest absolute Gasteiger partial charge is 0.342 e. The fraction of sp³-hybridized carbons (Fsp3) is 0.300. The fourth-order valence-electron chi connectivity index (χ4n) is 2.49. The third kappa shape index (κ3) is 5.02. The van der Waals surface area contributed by atoms with Gasteiger partial charge in [-0.1, -0.05) is 30.3 Å². The Morgan fingerprint density at radius 1 is 1.15 bits per heavy atom. The lowest BCUT2D eigenvalue weighted by Crippen LogP contribution is -2.37. The monoisotopic (exact) mass is 373 g/mol. The summed E-state index contributed by atoms with van der Waals surface area (Å²) < 4.78 is 10.6. The quantitative estimate of drug-likeness (QED) is 0.548. The van der Waals surface area contributed by atoms with Gasteiger partial charge in [0.2, 0.25) is 0 Å². The third-order valence-corrected chi connectivity index (χ3v) is 4.62. The zero-order valence-electron chi connectivity index (χ0n) is 15.4. The Kier molecular flexibility index (Phi) is 7.09. The molecule has 2 aromatic carbocycles. The van der Waals surface area contributed by atoms with Gasteiger partial charge in [-0.3, -0.25) is 4.79 Å². The summed E-state index contributed by atoms with van der Waals surface area (Å²) in [4.78, 5) is 27.4. The second kappa shape index (κ2) is 9.29. The van der Waals surface area contributed by atoms with Crippen LogP contribution in [0.1, 0.15) is 22.8 Å². The molecule has 0 aliphatic heterocycles. The standard InChI is InChI=1S/C20H23NO4S/c1-14(19(22)21(2)13-15-8-6-5-7-9-15)25-20(23)17-11-10-16(26-4)12-18(17)24-3/h5-12,14H,13H2,1-4H3/t14-/m0/s1. The molecular weight excluding hydrogens is 350 g/mol. The number of benzene rings is 2. The summed E-state index contributed by atoms with van der Waals surface area (Å²) in [5.41, 5.74) is 1.31. The molecule has 5 nitrogen and oxygen atoms in total. The number of hydrogen-bond donors (Lipinski definition) is 0. The molecule has 1 amide bonds. The Morgan fingerprint density at radius 2 is 1.85 bits per heavy atom. The van der Waals surface area contributed by atoms with Crippen LogP contribution in [0.3, 0.4) is 0 Å². The number of esters is 1. The van der Waals surface area contributed by atoms with Crippen LogP contribution in [0.4, 0.5) is 0 Å². The lowest BCUT2D eigenvalue weighted by Gasteiger charge is -2.22. The van der Waals surface area contributed by atoms with Crippen LogP contribution in [-0.2, 0) is 16.1 Å². The molecule has 0 saturated carbocycles. The van der Waals surface area contributed by atoms with Crippen molar-refractivity contribution in [1.29, 1.82) is 0 Å². The van der Waals surface area contributed by atoms with E-state index in [1.807, 2.05) is 42.7 Å². The van der Waals surface area contributed by atoms with E-state index in [1.54, 1.807) is 42.8 Å². The first kappa shape index (κ1) is 19.8. The van der Waals surface area contributed by atoms with Gasteiger partial charge in [0.15, 0.2) is 6.10 Å². The number of likely N-dealkylation sites (N-methyl/N-ethyl adjacent to an activating group) is 1. The van der Waals surface area contributed by atoms with E-state index in [9.17, 15) is 9.59 Å². The summed E-state index contributed by atoms with van der Waals surface area (Å²) in [7, 11) is 3.19. The molecule has 2 aromatic rings. The topological polar surface area (TPSA) is 55.8 Å². The van der Waals surface area contributed by atoms with Gasteiger partial charge >= 0.3 is 5.97 Å². The number of carbonyl (C=O) groups is 2. The van der Waals surface area contributed by atoms with Crippen molar-refractivity contribution in [3.05, 3.63) is 59.7 Å². The van der Waals surface area contributed by atoms with Crippen LogP contribution in [0, 0.1) is 0 Å². The van der Waals surface area contributed by atoms with Crippen molar-refractivity contribution in [2.75, 3.05) is 20.4 Å². The molecule has 138 valence electrons. The number of thioether (sulfide) groups is 1. The van der Waals surface area contributed by atoms with Crippen LogP contribution in [0.25, 0.3) is 0 Å². The molecule has 1 atom stereocenters. The zero-order chi connectivity index (χ0) is 19.1. The molecule has 0 aliphatic rings. The van der Waals surface area contributed by atoms with E-state index in [2.05, 4.69) is 0 Å². The second-order valence-electron chi connectivity index (χ2n) is 5.79. The number of amides is 1. The molecule has 0 heterocycles. The minimum Gasteiger partial charge on any atom is -0.496 e. The van der Waals surface area contributed by atoms with Crippen LogP contribution in [0.5, 0.6) is 5.75 Å². The lowest BCUT2D eigenvalue weighted by atomic mass is 10.2. The Bertz CT molecular complexity index is 764. The summed E-state index contributed by atoms with van der Waals surface area (Å²) in [6, 6.07) is 14.9. The highest BCUT2D eigenvalue weighted by Crippen LogP contribution is 2.26. The molecule has 0 aliphatic carbocycles. The van der Waals surface area contributed by atoms with Crippen LogP contribution in [-0.4, -0.2) is 43.3 Å². The molecular formula is C20H23NO4S. The van der Waals surface area contributed by atoms with Crippen molar-refractivity contribution >= 4 is 23.6 Å². The number of ether oxygens (including phenoxy) is 2. The van der Waals surface area contributed by atoms with Gasteiger partial charge in [0.25, 0.3) is 5.91 Å². The first-order valence-corrected chi connectivity index (χ1v) is 9.40. The fourth-order valence-corrected chi connectivity index (χ4v) is 2.92. The van der Waals surface area contributed by atoms with Crippen LogP contribution >= 0.6 is 11.8 Å². The van der Waals surface area contributed by atoms with Crippen molar-refractivity contribution in [3.8, 4) is 5.75 Å². The SMILES string of the molecule is COc1cc(SC)ccc1C(=O)O[C@@H](C)C(=O)N(C)Cc1ccccc1. The molecule has 2 rings (SSSR count). The Labute approximate surface area is 158 Å². The summed E-state index contributed by atoms with van der Waals surface area (Å²) in [6.07, 6.45) is 1.05. The lowest BCUT2D eigenvalue weighted by molar-refractivity contribution is -0.139. The number of methoxy groups -OCH3 is 1. The van der Waals surface area contributed by atoms with E-state index < -0.39 is 12.1 Å². The van der Waals surface area contributed by atoms with E-state index in [1.165, 1.54) is 7.11 Å². The van der Waals surface area contributed by atoms with Gasteiger partial charge in [0.05, 0.1) is 7.11 Å². The van der Waals surface area contributed by atoms with Gasteiger partial charge in [-0.2, -0.15) is 0 Å². The summed E-state index contributed by atoms with van der Waals surface area (Å²) in [6.45, 7) is 2.03. The third-order valence-electron chi connectivity index (χ3n) is 3.90. The van der Waals surface area contributed by atoms with Gasteiger partial charge in [0.1, 0.15) is 11.3 Å². The largest absolute Gasteiger partial charge is 0.496 e. The number of carbonyl (C=O) groups excluding carboxylic acids is 2. The van der Waals surface area contributed by atoms with Gasteiger partial charge in [0, 0.05) is 18.5 Å². The second-order valence-corrected chi connectivity index (χ2v) is 6.67. The van der Waals surface area contributed by atoms with Crippen molar-refractivity contribution in [2.24, 2.45) is 0 Å². The minimum atomic E-state index is -0.888. The van der Waals surface area contributed by atoms with Crippen molar-refractivity contribution in [1.82, 2.24) is 4.90 Å². The molecule has 6 heteroatoms. The Hall–Kier alpha value is -2.47. The zero-order valence-corrected chi connectivity index (χ0v) is 16.2. The maximum atomic E-state index is 12.5. The highest BCUT2D eigenvalue weighted by molar-refractivity contribution is 7.98. The van der Waals surface area contributed by atoms with E-state index >= 15 is 0 Å². The molecule has 0 aromatic heterocycles. The van der Waals surface area contributed by atoms with E-state index in [0.717, 1.165) is 10.5 Å². The first-order valence-electron chi connectivity index (χ1n) is 8.18. The van der Waals surface area contributed by atoms with Crippen LogP contribution in [0.2, 0.25) is 0 Å². The first-order chi connectivity index (χ1) is 12.5. The average Bonchev–Trinajstić information content (AvgIpc) is 2.67. The maximum absolute atomic E-state index is 12.5. The summed E-state index contributed by atoms with van der Waals surface area (Å²) in [5.74, 6) is -0.412. The molecule has 0 radical (unpaired) electrons. The van der Waals surface area contributed by atoms with Crippen molar-refractivity contribution in [2.45, 2.75) is 24.5 Å². The van der Waals surface area contributed by atoms with E-state index in [-0.39, 0.29) is 5.91 Å². The molecule has 26 heavy (non-hydrogen) atoms. The number of rotatable bonds is 7. The van der Waals surface area contributed by atoms with Crippen molar-refractivity contribution in [3.63, 3.8) is 0 Å². The normalized spacial score (nSPS) is 11.5. The molecule has 0 N–H and O–H groups in total. The van der Waals surface area contributed by atoms with Gasteiger partial charge in [-0.05, 0) is 36.9 Å². The number of nitrogens with zero attached hydrogens (tertiary/aromatic N) is 1. The van der Waals surface area contributed by atoms with Crippen molar-refractivity contribution < 1.29 is 19.1 Å². The average molecular weight is 373 g/mol. The molecule has 0 spiro atoms. The number of hydrogen-bond acceptors (Lipinski definition) is 5. The van der Waals surface area contributed by atoms with Gasteiger partial charge in [-0.15, -0.1) is 11.8 Å². The van der Waals surface area contributed by atoms with Crippen LogP contribution in [0.15, 0.2) is 53.4 Å². The predicted octanol–water partition coefficient (Wildman–Crippen LogP) is 3.62. The Morgan fingerprint density at radius 3 is 2.46 bits per heavy atom. The van der Waals surface area contributed by atoms with Gasteiger partial charge in [-0.25, -0.2) is 4.79 Å². The maximum Gasteiger partial charge on any atom is 0.342 e.